The number of amides is 1. The van der Waals surface area contributed by atoms with E-state index in [1.54, 1.807) is 0 Å². The standard InChI is InChI=1S/C26H36FN5O3/c1-16-19(14-35-32-16)26(33)31-23(17-8-5-3-2-4-6-9-17)25-29-20-11-10-18(22(27)24(20)30-25)21-15-34-13-7-12-28-21/h10-11,17,19,21,23,28H,2-9,12-15H2,1H3,(H,29,30)(H,31,33). The highest BCUT2D eigenvalue weighted by atomic mass is 19.1. The van der Waals surface area contributed by atoms with E-state index in [1.807, 2.05) is 19.1 Å². The molecule has 0 radical (unpaired) electrons. The topological polar surface area (TPSA) is 101 Å². The molecule has 8 nitrogen and oxygen atoms in total. The van der Waals surface area contributed by atoms with Gasteiger partial charge in [0.05, 0.1) is 29.9 Å². The number of nitrogens with one attached hydrogen (secondary N) is 3. The van der Waals surface area contributed by atoms with E-state index in [2.05, 4.69) is 20.8 Å². The van der Waals surface area contributed by atoms with E-state index in [4.69, 9.17) is 14.6 Å². The zero-order valence-electron chi connectivity index (χ0n) is 20.4. The van der Waals surface area contributed by atoms with E-state index in [0.29, 0.717) is 41.3 Å². The van der Waals surface area contributed by atoms with Gasteiger partial charge in [0, 0.05) is 12.2 Å². The van der Waals surface area contributed by atoms with Gasteiger partial charge in [-0.2, -0.15) is 0 Å². The second kappa shape index (κ2) is 11.0. The maximum absolute atomic E-state index is 15.7. The highest BCUT2D eigenvalue weighted by molar-refractivity contribution is 6.03. The van der Waals surface area contributed by atoms with Crippen LogP contribution in [0.3, 0.4) is 0 Å². The van der Waals surface area contributed by atoms with Crippen molar-refractivity contribution in [3.63, 3.8) is 0 Å². The Morgan fingerprint density at radius 1 is 1.14 bits per heavy atom. The molecule has 35 heavy (non-hydrogen) atoms. The van der Waals surface area contributed by atoms with E-state index in [-0.39, 0.29) is 36.3 Å². The largest absolute Gasteiger partial charge is 0.395 e. The molecule has 3 atom stereocenters. The Morgan fingerprint density at radius 2 is 1.94 bits per heavy atom. The number of oxime groups is 1. The lowest BCUT2D eigenvalue weighted by atomic mass is 9.85. The Balaban J connectivity index is 1.46. The number of imidazole rings is 1. The SMILES string of the molecule is CC1=NOCC1C(=O)NC(c1nc2c(F)c(C3COCCCN3)ccc2[nH]1)C1CCCCCCC1. The quantitative estimate of drug-likeness (QED) is 0.587. The molecule has 2 aromatic rings. The third-order valence-corrected chi connectivity index (χ3v) is 7.64. The molecule has 0 bridgehead atoms. The molecule has 3 N–H and O–H groups in total. The number of nitrogens with zero attached hydrogens (tertiary/aromatic N) is 2. The predicted molar refractivity (Wildman–Crippen MR) is 131 cm³/mol. The maximum atomic E-state index is 15.7. The normalized spacial score (nSPS) is 25.3. The highest BCUT2D eigenvalue weighted by Gasteiger charge is 2.34. The minimum absolute atomic E-state index is 0.114. The fourth-order valence-corrected chi connectivity index (χ4v) is 5.55. The number of benzene rings is 1. The predicted octanol–water partition coefficient (Wildman–Crippen LogP) is 4.29. The Bertz CT molecular complexity index is 1050. The van der Waals surface area contributed by atoms with Crippen LogP contribution in [0, 0.1) is 17.7 Å². The number of ether oxygens (including phenoxy) is 1. The zero-order chi connectivity index (χ0) is 24.2. The number of halogens is 1. The monoisotopic (exact) mass is 485 g/mol. The molecule has 2 fully saturated rings. The van der Waals surface area contributed by atoms with Gasteiger partial charge < -0.3 is 25.2 Å². The van der Waals surface area contributed by atoms with E-state index >= 15 is 4.39 Å². The lowest BCUT2D eigenvalue weighted by Gasteiger charge is -2.29. The van der Waals surface area contributed by atoms with Gasteiger partial charge in [-0.3, -0.25) is 4.79 Å². The van der Waals surface area contributed by atoms with E-state index in [0.717, 1.165) is 38.6 Å². The average molecular weight is 486 g/mol. The van der Waals surface area contributed by atoms with Crippen molar-refractivity contribution in [1.29, 1.82) is 0 Å². The van der Waals surface area contributed by atoms with E-state index in [9.17, 15) is 4.79 Å². The molecular weight excluding hydrogens is 449 g/mol. The van der Waals surface area contributed by atoms with Crippen LogP contribution in [0.25, 0.3) is 11.0 Å². The van der Waals surface area contributed by atoms with Gasteiger partial charge in [-0.05, 0) is 44.7 Å². The summed E-state index contributed by atoms with van der Waals surface area (Å²) in [6, 6.07) is 3.18. The van der Waals surface area contributed by atoms with Gasteiger partial charge in [-0.1, -0.05) is 43.3 Å². The molecule has 1 amide bonds. The van der Waals surface area contributed by atoms with Crippen LogP contribution >= 0.6 is 0 Å². The maximum Gasteiger partial charge on any atom is 0.233 e. The van der Waals surface area contributed by atoms with Crippen molar-refractivity contribution >= 4 is 22.7 Å². The lowest BCUT2D eigenvalue weighted by Crippen LogP contribution is -2.40. The molecule has 0 spiro atoms. The lowest BCUT2D eigenvalue weighted by molar-refractivity contribution is -0.125. The van der Waals surface area contributed by atoms with Crippen LogP contribution in [0.4, 0.5) is 4.39 Å². The van der Waals surface area contributed by atoms with Crippen LogP contribution in [0.5, 0.6) is 0 Å². The van der Waals surface area contributed by atoms with Crippen molar-refractivity contribution in [2.45, 2.75) is 70.4 Å². The minimum Gasteiger partial charge on any atom is -0.395 e. The van der Waals surface area contributed by atoms with E-state index < -0.39 is 5.92 Å². The van der Waals surface area contributed by atoms with Gasteiger partial charge in [0.2, 0.25) is 5.91 Å². The molecular formula is C26H36FN5O3. The summed E-state index contributed by atoms with van der Waals surface area (Å²) in [5, 5.41) is 10.6. The van der Waals surface area contributed by atoms with E-state index in [1.165, 1.54) is 19.3 Å². The van der Waals surface area contributed by atoms with Crippen molar-refractivity contribution in [2.24, 2.45) is 17.0 Å². The number of hydrogen-bond acceptors (Lipinski definition) is 6. The third kappa shape index (κ3) is 5.35. The summed E-state index contributed by atoms with van der Waals surface area (Å²) in [6.07, 6.45) is 8.83. The molecule has 3 unspecified atom stereocenters. The average Bonchev–Trinajstić information content (AvgIpc) is 3.36. The second-order valence-corrected chi connectivity index (χ2v) is 10.1. The first-order chi connectivity index (χ1) is 17.1. The van der Waals surface area contributed by atoms with Crippen molar-refractivity contribution in [3.8, 4) is 0 Å². The van der Waals surface area contributed by atoms with Crippen LogP contribution in [0.1, 0.15) is 81.8 Å². The van der Waals surface area contributed by atoms with Gasteiger partial charge in [0.1, 0.15) is 23.9 Å². The number of H-pyrrole nitrogens is 1. The third-order valence-electron chi connectivity index (χ3n) is 7.64. The summed E-state index contributed by atoms with van der Waals surface area (Å²) < 4.78 is 21.3. The summed E-state index contributed by atoms with van der Waals surface area (Å²) in [5.41, 5.74) is 2.20. The summed E-state index contributed by atoms with van der Waals surface area (Å²) in [4.78, 5) is 26.4. The molecule has 3 heterocycles. The molecule has 1 saturated carbocycles. The molecule has 1 aromatic heterocycles. The summed E-state index contributed by atoms with van der Waals surface area (Å²) in [7, 11) is 0. The number of aromatic amines is 1. The molecule has 5 rings (SSSR count). The van der Waals surface area contributed by atoms with Crippen LogP contribution in [-0.4, -0.2) is 48.0 Å². The molecule has 1 saturated heterocycles. The molecule has 1 aromatic carbocycles. The van der Waals surface area contributed by atoms with Gasteiger partial charge in [0.15, 0.2) is 5.82 Å². The molecule has 190 valence electrons. The molecule has 9 heteroatoms. The molecule has 1 aliphatic carbocycles. The number of aromatic nitrogens is 2. The molecule has 2 aliphatic heterocycles. The fourth-order valence-electron chi connectivity index (χ4n) is 5.55. The minimum atomic E-state index is -0.403. The van der Waals surface area contributed by atoms with Crippen molar-refractivity contribution in [3.05, 3.63) is 29.3 Å². The van der Waals surface area contributed by atoms with Gasteiger partial charge >= 0.3 is 0 Å². The van der Waals surface area contributed by atoms with Crippen molar-refractivity contribution in [2.75, 3.05) is 26.4 Å². The van der Waals surface area contributed by atoms with Crippen LogP contribution in [-0.2, 0) is 14.4 Å². The Hall–Kier alpha value is -2.52. The Kier molecular flexibility index (Phi) is 7.63. The van der Waals surface area contributed by atoms with Crippen LogP contribution in [0.2, 0.25) is 0 Å². The van der Waals surface area contributed by atoms with Crippen LogP contribution in [0.15, 0.2) is 17.3 Å². The number of carbonyl (C=O) groups excluding carboxylic acids is 1. The first kappa shape index (κ1) is 24.2. The molecule has 3 aliphatic rings. The number of carbonyl (C=O) groups is 1. The van der Waals surface area contributed by atoms with Gasteiger partial charge in [-0.15, -0.1) is 0 Å². The van der Waals surface area contributed by atoms with Crippen molar-refractivity contribution < 1.29 is 18.8 Å². The smallest absolute Gasteiger partial charge is 0.233 e. The fraction of sp³-hybridized carbons (Fsp3) is 0.654. The summed E-state index contributed by atoms with van der Waals surface area (Å²) in [6.45, 7) is 3.97. The number of fused-ring (bicyclic) bond motifs is 1. The first-order valence-electron chi connectivity index (χ1n) is 13.1. The van der Waals surface area contributed by atoms with Gasteiger partial charge in [-0.25, -0.2) is 9.37 Å². The summed E-state index contributed by atoms with van der Waals surface area (Å²) in [5.74, 6) is 0.00705. The number of rotatable bonds is 5. The zero-order valence-corrected chi connectivity index (χ0v) is 20.4. The Morgan fingerprint density at radius 3 is 2.71 bits per heavy atom. The van der Waals surface area contributed by atoms with Gasteiger partial charge in [0.25, 0.3) is 0 Å². The Labute approximate surface area is 205 Å². The van der Waals surface area contributed by atoms with Crippen molar-refractivity contribution in [1.82, 2.24) is 20.6 Å². The summed E-state index contributed by atoms with van der Waals surface area (Å²) >= 11 is 0. The first-order valence-corrected chi connectivity index (χ1v) is 13.1. The second-order valence-electron chi connectivity index (χ2n) is 10.1. The highest BCUT2D eigenvalue weighted by Crippen LogP contribution is 2.34. The van der Waals surface area contributed by atoms with Crippen LogP contribution < -0.4 is 10.6 Å². The number of hydrogen-bond donors (Lipinski definition) is 3.